The number of rotatable bonds is 6. The summed E-state index contributed by atoms with van der Waals surface area (Å²) in [7, 11) is 0. The largest absolute Gasteiger partial charge is 0.481 e. The maximum absolute atomic E-state index is 12.7. The van der Waals surface area contributed by atoms with Gasteiger partial charge in [-0.15, -0.1) is 0 Å². The number of nitrogens with zero attached hydrogens (tertiary/aromatic N) is 2. The van der Waals surface area contributed by atoms with Gasteiger partial charge in [-0.2, -0.15) is 0 Å². The molecule has 7 heteroatoms. The Labute approximate surface area is 152 Å². The SMILES string of the molecule is O=C(O)C[C@H]1CN(C(=O)[C@@H]2CC(=O)N(CCc3ccccc3)C2)CCO1. The first-order valence-electron chi connectivity index (χ1n) is 8.97. The van der Waals surface area contributed by atoms with Gasteiger partial charge in [-0.1, -0.05) is 30.3 Å². The van der Waals surface area contributed by atoms with E-state index in [2.05, 4.69) is 0 Å². The van der Waals surface area contributed by atoms with Crippen LogP contribution in [0.4, 0.5) is 0 Å². The molecular formula is C19H24N2O5. The Morgan fingerprint density at radius 1 is 1.19 bits per heavy atom. The van der Waals surface area contributed by atoms with E-state index in [1.807, 2.05) is 30.3 Å². The van der Waals surface area contributed by atoms with Gasteiger partial charge in [0.15, 0.2) is 0 Å². The van der Waals surface area contributed by atoms with Crippen molar-refractivity contribution >= 4 is 17.8 Å². The zero-order valence-corrected chi connectivity index (χ0v) is 14.7. The lowest BCUT2D eigenvalue weighted by Gasteiger charge is -2.33. The van der Waals surface area contributed by atoms with Gasteiger partial charge in [-0.05, 0) is 12.0 Å². The van der Waals surface area contributed by atoms with E-state index in [4.69, 9.17) is 9.84 Å². The first-order chi connectivity index (χ1) is 12.5. The van der Waals surface area contributed by atoms with E-state index in [0.717, 1.165) is 6.42 Å². The second-order valence-corrected chi connectivity index (χ2v) is 6.85. The standard InChI is InChI=1S/C19H24N2O5/c22-17-10-15(12-20(17)7-6-14-4-2-1-3-5-14)19(25)21-8-9-26-16(13-21)11-18(23)24/h1-5,15-16H,6-13H2,(H,23,24)/t15-,16+/m1/s1. The Bertz CT molecular complexity index is 663. The van der Waals surface area contributed by atoms with Crippen molar-refractivity contribution in [3.05, 3.63) is 35.9 Å². The monoisotopic (exact) mass is 360 g/mol. The van der Waals surface area contributed by atoms with E-state index in [0.29, 0.717) is 26.2 Å². The predicted octanol–water partition coefficient (Wildman–Crippen LogP) is 0.780. The summed E-state index contributed by atoms with van der Waals surface area (Å²) >= 11 is 0. The van der Waals surface area contributed by atoms with Crippen LogP contribution in [-0.2, 0) is 25.5 Å². The van der Waals surface area contributed by atoms with Gasteiger partial charge in [-0.25, -0.2) is 0 Å². The highest BCUT2D eigenvalue weighted by molar-refractivity contribution is 5.89. The normalized spacial score (nSPS) is 23.3. The van der Waals surface area contributed by atoms with Crippen LogP contribution in [0.15, 0.2) is 30.3 Å². The minimum Gasteiger partial charge on any atom is -0.481 e. The predicted molar refractivity (Wildman–Crippen MR) is 93.4 cm³/mol. The molecule has 2 saturated heterocycles. The molecule has 0 bridgehead atoms. The van der Waals surface area contributed by atoms with Crippen LogP contribution in [0.2, 0.25) is 0 Å². The molecule has 0 radical (unpaired) electrons. The third kappa shape index (κ3) is 4.60. The van der Waals surface area contributed by atoms with Gasteiger partial charge in [0.2, 0.25) is 11.8 Å². The Balaban J connectivity index is 1.52. The summed E-state index contributed by atoms with van der Waals surface area (Å²) in [5.41, 5.74) is 1.17. The number of amides is 2. The molecule has 140 valence electrons. The molecule has 7 nitrogen and oxygen atoms in total. The molecule has 1 aromatic carbocycles. The second kappa shape index (κ2) is 8.31. The summed E-state index contributed by atoms with van der Waals surface area (Å²) in [6, 6.07) is 9.96. The Morgan fingerprint density at radius 3 is 2.69 bits per heavy atom. The lowest BCUT2D eigenvalue weighted by molar-refractivity contribution is -0.149. The van der Waals surface area contributed by atoms with E-state index in [-0.39, 0.29) is 37.1 Å². The smallest absolute Gasteiger partial charge is 0.306 e. The van der Waals surface area contributed by atoms with Gasteiger partial charge < -0.3 is 19.6 Å². The molecule has 0 aromatic heterocycles. The Morgan fingerprint density at radius 2 is 1.96 bits per heavy atom. The van der Waals surface area contributed by atoms with Gasteiger partial charge in [0.25, 0.3) is 0 Å². The van der Waals surface area contributed by atoms with E-state index < -0.39 is 12.1 Å². The summed E-state index contributed by atoms with van der Waals surface area (Å²) < 4.78 is 5.41. The molecule has 2 amide bonds. The molecule has 1 N–H and O–H groups in total. The maximum atomic E-state index is 12.7. The summed E-state index contributed by atoms with van der Waals surface area (Å²) in [5.74, 6) is -1.34. The van der Waals surface area contributed by atoms with Gasteiger partial charge >= 0.3 is 5.97 Å². The van der Waals surface area contributed by atoms with Crippen LogP contribution in [0.3, 0.4) is 0 Å². The van der Waals surface area contributed by atoms with Crippen molar-refractivity contribution in [2.75, 3.05) is 32.8 Å². The van der Waals surface area contributed by atoms with E-state index >= 15 is 0 Å². The highest BCUT2D eigenvalue weighted by Crippen LogP contribution is 2.22. The zero-order valence-electron chi connectivity index (χ0n) is 14.7. The first kappa shape index (κ1) is 18.4. The van der Waals surface area contributed by atoms with Crippen LogP contribution < -0.4 is 0 Å². The number of likely N-dealkylation sites (tertiary alicyclic amines) is 1. The van der Waals surface area contributed by atoms with Crippen LogP contribution >= 0.6 is 0 Å². The Hall–Kier alpha value is -2.41. The van der Waals surface area contributed by atoms with Crippen molar-refractivity contribution in [1.82, 2.24) is 9.80 Å². The van der Waals surface area contributed by atoms with Crippen molar-refractivity contribution in [2.24, 2.45) is 5.92 Å². The minimum atomic E-state index is -0.938. The number of carbonyl (C=O) groups is 3. The highest BCUT2D eigenvalue weighted by Gasteiger charge is 2.37. The molecule has 1 aromatic rings. The van der Waals surface area contributed by atoms with Crippen molar-refractivity contribution in [1.29, 1.82) is 0 Å². The molecule has 2 heterocycles. The lowest BCUT2D eigenvalue weighted by atomic mass is 10.1. The number of carboxylic acid groups (broad SMARTS) is 1. The fraction of sp³-hybridized carbons (Fsp3) is 0.526. The molecule has 26 heavy (non-hydrogen) atoms. The van der Waals surface area contributed by atoms with Crippen molar-refractivity contribution in [3.63, 3.8) is 0 Å². The highest BCUT2D eigenvalue weighted by atomic mass is 16.5. The molecular weight excluding hydrogens is 336 g/mol. The molecule has 2 aliphatic rings. The Kier molecular flexibility index (Phi) is 5.88. The average molecular weight is 360 g/mol. The minimum absolute atomic E-state index is 0.00891. The van der Waals surface area contributed by atoms with Crippen LogP contribution in [0.25, 0.3) is 0 Å². The summed E-state index contributed by atoms with van der Waals surface area (Å²) in [5, 5.41) is 8.89. The average Bonchev–Trinajstić information content (AvgIpc) is 3.00. The molecule has 3 rings (SSSR count). The number of morpholine rings is 1. The lowest BCUT2D eigenvalue weighted by Crippen LogP contribution is -2.48. The number of benzene rings is 1. The van der Waals surface area contributed by atoms with E-state index in [1.165, 1.54) is 5.56 Å². The number of ether oxygens (including phenoxy) is 1. The van der Waals surface area contributed by atoms with Crippen molar-refractivity contribution in [3.8, 4) is 0 Å². The number of carbonyl (C=O) groups excluding carboxylic acids is 2. The van der Waals surface area contributed by atoms with E-state index in [9.17, 15) is 14.4 Å². The molecule has 2 aliphatic heterocycles. The molecule has 0 unspecified atom stereocenters. The van der Waals surface area contributed by atoms with Crippen molar-refractivity contribution in [2.45, 2.75) is 25.4 Å². The molecule has 0 saturated carbocycles. The van der Waals surface area contributed by atoms with Crippen molar-refractivity contribution < 1.29 is 24.2 Å². The third-order valence-electron chi connectivity index (χ3n) is 4.93. The number of aliphatic carboxylic acids is 1. The molecule has 2 fully saturated rings. The fourth-order valence-corrected chi connectivity index (χ4v) is 3.56. The molecule has 0 spiro atoms. The second-order valence-electron chi connectivity index (χ2n) is 6.85. The summed E-state index contributed by atoms with van der Waals surface area (Å²) in [6.45, 7) is 2.11. The molecule has 2 atom stereocenters. The zero-order chi connectivity index (χ0) is 18.5. The summed E-state index contributed by atoms with van der Waals surface area (Å²) in [6.07, 6.45) is 0.410. The first-order valence-corrected chi connectivity index (χ1v) is 8.97. The third-order valence-corrected chi connectivity index (χ3v) is 4.93. The fourth-order valence-electron chi connectivity index (χ4n) is 3.56. The maximum Gasteiger partial charge on any atom is 0.306 e. The van der Waals surface area contributed by atoms with Gasteiger partial charge in [-0.3, -0.25) is 14.4 Å². The quantitative estimate of drug-likeness (QED) is 0.810. The summed E-state index contributed by atoms with van der Waals surface area (Å²) in [4.78, 5) is 39.2. The van der Waals surface area contributed by atoms with Crippen LogP contribution in [0.5, 0.6) is 0 Å². The van der Waals surface area contributed by atoms with Crippen LogP contribution in [-0.4, -0.2) is 71.6 Å². The van der Waals surface area contributed by atoms with Gasteiger partial charge in [0.05, 0.1) is 25.0 Å². The van der Waals surface area contributed by atoms with Gasteiger partial charge in [0.1, 0.15) is 0 Å². The van der Waals surface area contributed by atoms with E-state index in [1.54, 1.807) is 9.80 Å². The molecule has 0 aliphatic carbocycles. The number of carboxylic acids is 1. The number of hydrogen-bond acceptors (Lipinski definition) is 4. The van der Waals surface area contributed by atoms with Crippen LogP contribution in [0.1, 0.15) is 18.4 Å². The number of hydrogen-bond donors (Lipinski definition) is 1. The van der Waals surface area contributed by atoms with Gasteiger partial charge in [0, 0.05) is 32.6 Å². The topological polar surface area (TPSA) is 87.2 Å². The van der Waals surface area contributed by atoms with Crippen LogP contribution in [0, 0.1) is 5.92 Å².